The SMILES string of the molecule is Cl.Cl.O=c1[nH]c(=O)c2sc3ncc(-c4ccsc4)nc3c2[nH]1. The number of rotatable bonds is 1. The van der Waals surface area contributed by atoms with Gasteiger partial charge in [0.05, 0.1) is 17.4 Å². The minimum absolute atomic E-state index is 0. The summed E-state index contributed by atoms with van der Waals surface area (Å²) in [6, 6.07) is 1.95. The van der Waals surface area contributed by atoms with E-state index < -0.39 is 11.2 Å². The normalized spacial score (nSPS) is 10.4. The fourth-order valence-corrected chi connectivity index (χ4v) is 3.59. The summed E-state index contributed by atoms with van der Waals surface area (Å²) < 4.78 is 0.432. The van der Waals surface area contributed by atoms with Gasteiger partial charge < -0.3 is 4.98 Å². The summed E-state index contributed by atoms with van der Waals surface area (Å²) in [4.78, 5) is 37.5. The van der Waals surface area contributed by atoms with Crippen LogP contribution in [0.25, 0.3) is 31.8 Å². The molecule has 114 valence electrons. The number of halogens is 2. The van der Waals surface area contributed by atoms with E-state index in [1.54, 1.807) is 17.5 Å². The third-order valence-electron chi connectivity index (χ3n) is 2.89. The molecule has 6 nitrogen and oxygen atoms in total. The molecule has 4 heterocycles. The highest BCUT2D eigenvalue weighted by molar-refractivity contribution is 7.25. The molecule has 0 aromatic carbocycles. The van der Waals surface area contributed by atoms with E-state index in [0.717, 1.165) is 11.3 Å². The van der Waals surface area contributed by atoms with Gasteiger partial charge in [0.1, 0.15) is 15.0 Å². The van der Waals surface area contributed by atoms with Crippen molar-refractivity contribution in [1.29, 1.82) is 0 Å². The van der Waals surface area contributed by atoms with Crippen molar-refractivity contribution in [3.63, 3.8) is 0 Å². The molecule has 0 fully saturated rings. The summed E-state index contributed by atoms with van der Waals surface area (Å²) in [5, 5.41) is 3.93. The number of nitrogens with zero attached hydrogens (tertiary/aromatic N) is 2. The zero-order valence-electron chi connectivity index (χ0n) is 10.7. The van der Waals surface area contributed by atoms with E-state index in [2.05, 4.69) is 19.9 Å². The molecule has 0 aliphatic rings. The average Bonchev–Trinajstić information content (AvgIpc) is 3.05. The third kappa shape index (κ3) is 2.54. The molecule has 0 saturated heterocycles. The van der Waals surface area contributed by atoms with Crippen LogP contribution in [0.5, 0.6) is 0 Å². The lowest BCUT2D eigenvalue weighted by Gasteiger charge is -1.96. The van der Waals surface area contributed by atoms with Gasteiger partial charge in [-0.3, -0.25) is 9.78 Å². The standard InChI is InChI=1S/C12H6N4O2S2.2ClH/c17-10-9-7(15-12(18)16-10)8-11(20-9)13-3-6(14-8)5-1-2-19-4-5;;/h1-4H,(H2,15,16,17,18);2*1H. The van der Waals surface area contributed by atoms with E-state index >= 15 is 0 Å². The molecule has 0 saturated carbocycles. The molecule has 22 heavy (non-hydrogen) atoms. The predicted octanol–water partition coefficient (Wildman–Crippen LogP) is 2.79. The largest absolute Gasteiger partial charge is 0.326 e. The first-order valence-corrected chi connectivity index (χ1v) is 7.43. The zero-order chi connectivity index (χ0) is 13.7. The summed E-state index contributed by atoms with van der Waals surface area (Å²) in [6.07, 6.45) is 1.67. The molecule has 2 N–H and O–H groups in total. The van der Waals surface area contributed by atoms with Gasteiger partial charge in [-0.2, -0.15) is 11.3 Å². The Kier molecular flexibility index (Phi) is 4.66. The Bertz CT molecular complexity index is 1050. The van der Waals surface area contributed by atoms with Crippen molar-refractivity contribution >= 4 is 68.1 Å². The van der Waals surface area contributed by atoms with Crippen LogP contribution in [0.3, 0.4) is 0 Å². The lowest BCUT2D eigenvalue weighted by Crippen LogP contribution is -2.20. The van der Waals surface area contributed by atoms with Crippen molar-refractivity contribution in [2.24, 2.45) is 0 Å². The van der Waals surface area contributed by atoms with E-state index in [4.69, 9.17) is 0 Å². The van der Waals surface area contributed by atoms with Crippen LogP contribution in [0.4, 0.5) is 0 Å². The lowest BCUT2D eigenvalue weighted by molar-refractivity contribution is 1.09. The maximum Gasteiger partial charge on any atom is 0.326 e. The summed E-state index contributed by atoms with van der Waals surface area (Å²) >= 11 is 2.79. The molecular weight excluding hydrogens is 367 g/mol. The molecule has 4 aromatic rings. The summed E-state index contributed by atoms with van der Waals surface area (Å²) in [5.41, 5.74) is 1.74. The number of aromatic nitrogens is 4. The van der Waals surface area contributed by atoms with Crippen LogP contribution in [-0.2, 0) is 0 Å². The minimum atomic E-state index is -0.537. The molecule has 0 bridgehead atoms. The Morgan fingerprint density at radius 2 is 1.95 bits per heavy atom. The Balaban J connectivity index is 0.000000882. The molecule has 0 amide bonds. The Morgan fingerprint density at radius 3 is 2.68 bits per heavy atom. The number of nitrogens with one attached hydrogen (secondary N) is 2. The molecule has 4 rings (SSSR count). The number of hydrogen-bond donors (Lipinski definition) is 2. The molecule has 0 unspecified atom stereocenters. The van der Waals surface area contributed by atoms with E-state index in [1.807, 2.05) is 16.8 Å². The summed E-state index contributed by atoms with van der Waals surface area (Å²) in [6.45, 7) is 0. The van der Waals surface area contributed by atoms with Gasteiger partial charge in [-0.05, 0) is 11.4 Å². The van der Waals surface area contributed by atoms with Gasteiger partial charge >= 0.3 is 5.69 Å². The van der Waals surface area contributed by atoms with Crippen molar-refractivity contribution in [3.8, 4) is 11.3 Å². The van der Waals surface area contributed by atoms with E-state index in [9.17, 15) is 9.59 Å². The monoisotopic (exact) mass is 374 g/mol. The van der Waals surface area contributed by atoms with E-state index in [0.29, 0.717) is 20.6 Å². The van der Waals surface area contributed by atoms with Crippen LogP contribution in [-0.4, -0.2) is 19.9 Å². The second kappa shape index (κ2) is 6.17. The highest BCUT2D eigenvalue weighted by Crippen LogP contribution is 2.29. The first kappa shape index (κ1) is 16.6. The smallest absolute Gasteiger partial charge is 0.304 e. The topological polar surface area (TPSA) is 91.5 Å². The number of aromatic amines is 2. The third-order valence-corrected chi connectivity index (χ3v) is 4.66. The Labute approximate surface area is 143 Å². The first-order chi connectivity index (χ1) is 9.72. The Hall–Kier alpha value is -1.74. The summed E-state index contributed by atoms with van der Waals surface area (Å²) in [5.74, 6) is 0. The summed E-state index contributed by atoms with van der Waals surface area (Å²) in [7, 11) is 0. The van der Waals surface area contributed by atoms with Crippen molar-refractivity contribution in [1.82, 2.24) is 19.9 Å². The van der Waals surface area contributed by atoms with Gasteiger partial charge in [0.15, 0.2) is 0 Å². The second-order valence-electron chi connectivity index (χ2n) is 4.14. The van der Waals surface area contributed by atoms with Crippen LogP contribution >= 0.6 is 47.5 Å². The molecule has 0 radical (unpaired) electrons. The molecule has 0 aliphatic heterocycles. The molecule has 0 atom stereocenters. The molecule has 10 heteroatoms. The Morgan fingerprint density at radius 1 is 1.14 bits per heavy atom. The lowest BCUT2D eigenvalue weighted by atomic mass is 10.2. The quantitative estimate of drug-likeness (QED) is 0.535. The molecule has 0 aliphatic carbocycles. The number of fused-ring (bicyclic) bond motifs is 3. The fourth-order valence-electron chi connectivity index (χ4n) is 2.00. The predicted molar refractivity (Wildman–Crippen MR) is 94.0 cm³/mol. The average molecular weight is 375 g/mol. The highest BCUT2D eigenvalue weighted by atomic mass is 35.5. The maximum atomic E-state index is 11.8. The van der Waals surface area contributed by atoms with E-state index in [-0.39, 0.29) is 24.8 Å². The van der Waals surface area contributed by atoms with Crippen LogP contribution in [0, 0.1) is 0 Å². The van der Waals surface area contributed by atoms with Crippen LogP contribution in [0.2, 0.25) is 0 Å². The molecular formula is C12H8Cl2N4O2S2. The second-order valence-corrected chi connectivity index (χ2v) is 5.91. The molecule has 4 aromatic heterocycles. The van der Waals surface area contributed by atoms with Gasteiger partial charge in [0, 0.05) is 10.9 Å². The number of hydrogen-bond acceptors (Lipinski definition) is 6. The van der Waals surface area contributed by atoms with Gasteiger partial charge in [-0.15, -0.1) is 36.2 Å². The zero-order valence-corrected chi connectivity index (χ0v) is 13.9. The maximum absolute atomic E-state index is 11.8. The van der Waals surface area contributed by atoms with Crippen LogP contribution < -0.4 is 11.2 Å². The van der Waals surface area contributed by atoms with Crippen molar-refractivity contribution in [2.75, 3.05) is 0 Å². The van der Waals surface area contributed by atoms with Gasteiger partial charge in [-0.25, -0.2) is 14.8 Å². The van der Waals surface area contributed by atoms with E-state index in [1.165, 1.54) is 11.3 Å². The van der Waals surface area contributed by atoms with Crippen molar-refractivity contribution < 1.29 is 0 Å². The highest BCUT2D eigenvalue weighted by Gasteiger charge is 2.13. The van der Waals surface area contributed by atoms with Crippen molar-refractivity contribution in [2.45, 2.75) is 0 Å². The van der Waals surface area contributed by atoms with Crippen molar-refractivity contribution in [3.05, 3.63) is 43.9 Å². The van der Waals surface area contributed by atoms with Gasteiger partial charge in [0.25, 0.3) is 5.56 Å². The van der Waals surface area contributed by atoms with Gasteiger partial charge in [-0.1, -0.05) is 0 Å². The van der Waals surface area contributed by atoms with Gasteiger partial charge in [0.2, 0.25) is 0 Å². The van der Waals surface area contributed by atoms with Crippen LogP contribution in [0.15, 0.2) is 32.6 Å². The number of H-pyrrole nitrogens is 2. The van der Waals surface area contributed by atoms with Crippen LogP contribution in [0.1, 0.15) is 0 Å². The minimum Gasteiger partial charge on any atom is -0.304 e. The fraction of sp³-hybridized carbons (Fsp3) is 0. The number of thiophene rings is 2. The first-order valence-electron chi connectivity index (χ1n) is 5.67. The molecule has 0 spiro atoms.